The molecular formula is C14H20ClN3O2. The van der Waals surface area contributed by atoms with Crippen LogP contribution in [0.4, 0.5) is 0 Å². The average Bonchev–Trinajstić information content (AvgIpc) is 3.18. The van der Waals surface area contributed by atoms with Gasteiger partial charge in [-0.15, -0.1) is 0 Å². The molecule has 3 unspecified atom stereocenters. The second-order valence-corrected chi connectivity index (χ2v) is 6.01. The maximum atomic E-state index is 12.4. The molecule has 1 aromatic rings. The van der Waals surface area contributed by atoms with Gasteiger partial charge in [-0.1, -0.05) is 11.6 Å². The van der Waals surface area contributed by atoms with E-state index in [2.05, 4.69) is 5.32 Å². The van der Waals surface area contributed by atoms with Crippen molar-refractivity contribution in [3.8, 4) is 0 Å². The summed E-state index contributed by atoms with van der Waals surface area (Å²) >= 11 is 6.02. The third-order valence-electron chi connectivity index (χ3n) is 4.03. The molecule has 3 N–H and O–H groups in total. The van der Waals surface area contributed by atoms with Crippen molar-refractivity contribution in [2.75, 3.05) is 6.61 Å². The highest BCUT2D eigenvalue weighted by molar-refractivity contribution is 6.31. The number of carbonyl (C=O) groups excluding carboxylic acids is 1. The lowest BCUT2D eigenvalue weighted by molar-refractivity contribution is -0.0301. The third-order valence-corrected chi connectivity index (χ3v) is 4.24. The first-order chi connectivity index (χ1) is 9.60. The molecule has 0 aromatic carbocycles. The molecular weight excluding hydrogens is 278 g/mol. The Balaban J connectivity index is 1.70. The van der Waals surface area contributed by atoms with Gasteiger partial charge in [0.05, 0.1) is 17.2 Å². The Hall–Kier alpha value is -1.04. The first-order valence-electron chi connectivity index (χ1n) is 7.15. The lowest BCUT2D eigenvalue weighted by Crippen LogP contribution is -2.64. The molecule has 0 spiro atoms. The monoisotopic (exact) mass is 297 g/mol. The van der Waals surface area contributed by atoms with Gasteiger partial charge in [-0.2, -0.15) is 0 Å². The van der Waals surface area contributed by atoms with Crippen LogP contribution in [0.5, 0.6) is 0 Å². The van der Waals surface area contributed by atoms with E-state index in [0.29, 0.717) is 23.4 Å². The topological polar surface area (TPSA) is 69.3 Å². The molecule has 0 saturated heterocycles. The third kappa shape index (κ3) is 2.57. The van der Waals surface area contributed by atoms with Gasteiger partial charge in [0.1, 0.15) is 5.69 Å². The molecule has 2 aliphatic rings. The van der Waals surface area contributed by atoms with Crippen molar-refractivity contribution >= 4 is 17.5 Å². The number of halogens is 1. The number of rotatable bonds is 5. The van der Waals surface area contributed by atoms with E-state index in [-0.39, 0.29) is 24.1 Å². The summed E-state index contributed by atoms with van der Waals surface area (Å²) in [7, 11) is 0. The number of amides is 1. The summed E-state index contributed by atoms with van der Waals surface area (Å²) in [6.07, 6.45) is 4.86. The van der Waals surface area contributed by atoms with Crippen LogP contribution < -0.4 is 11.1 Å². The summed E-state index contributed by atoms with van der Waals surface area (Å²) < 4.78 is 7.54. The molecule has 3 rings (SSSR count). The van der Waals surface area contributed by atoms with Gasteiger partial charge in [0, 0.05) is 24.9 Å². The van der Waals surface area contributed by atoms with E-state index in [1.54, 1.807) is 6.07 Å². The quantitative estimate of drug-likeness (QED) is 0.869. The van der Waals surface area contributed by atoms with Crippen molar-refractivity contribution in [3.05, 3.63) is 23.0 Å². The van der Waals surface area contributed by atoms with Gasteiger partial charge in [-0.3, -0.25) is 4.79 Å². The Morgan fingerprint density at radius 3 is 2.95 bits per heavy atom. The number of nitrogens with one attached hydrogen (secondary N) is 1. The Kier molecular flexibility index (Phi) is 3.75. The minimum atomic E-state index is -0.117. The normalized spacial score (nSPS) is 29.1. The number of hydrogen-bond acceptors (Lipinski definition) is 3. The minimum absolute atomic E-state index is 0.0266. The zero-order chi connectivity index (χ0) is 14.3. The van der Waals surface area contributed by atoms with Crippen LogP contribution in [0.1, 0.15) is 42.7 Å². The lowest BCUT2D eigenvalue weighted by Gasteiger charge is -2.42. The van der Waals surface area contributed by atoms with Crippen molar-refractivity contribution in [2.45, 2.75) is 50.4 Å². The van der Waals surface area contributed by atoms with Gasteiger partial charge in [-0.25, -0.2) is 0 Å². The smallest absolute Gasteiger partial charge is 0.268 e. The largest absolute Gasteiger partial charge is 0.376 e. The molecule has 1 amide bonds. The van der Waals surface area contributed by atoms with Gasteiger partial charge in [-0.05, 0) is 32.3 Å². The molecule has 0 bridgehead atoms. The molecule has 1 aromatic heterocycles. The standard InChI is InChI=1S/C14H20ClN3O2/c1-2-20-12-6-10(16)13(12)17-14(19)11-5-8(15)7-18(11)9-3-4-9/h5,7,9-10,12-13H,2-4,6,16H2,1H3,(H,17,19). The Bertz CT molecular complexity index is 511. The van der Waals surface area contributed by atoms with Crippen molar-refractivity contribution < 1.29 is 9.53 Å². The fourth-order valence-electron chi connectivity index (χ4n) is 2.73. The number of nitrogens with zero attached hydrogens (tertiary/aromatic N) is 1. The Labute approximate surface area is 123 Å². The average molecular weight is 298 g/mol. The Morgan fingerprint density at radius 2 is 2.35 bits per heavy atom. The number of hydrogen-bond donors (Lipinski definition) is 2. The van der Waals surface area contributed by atoms with Crippen LogP contribution in [0, 0.1) is 0 Å². The highest BCUT2D eigenvalue weighted by Gasteiger charge is 2.41. The van der Waals surface area contributed by atoms with Crippen LogP contribution >= 0.6 is 11.6 Å². The molecule has 5 nitrogen and oxygen atoms in total. The van der Waals surface area contributed by atoms with Crippen LogP contribution in [-0.2, 0) is 4.74 Å². The molecule has 2 saturated carbocycles. The van der Waals surface area contributed by atoms with Gasteiger partial charge in [0.2, 0.25) is 0 Å². The fraction of sp³-hybridized carbons (Fsp3) is 0.643. The maximum absolute atomic E-state index is 12.4. The summed E-state index contributed by atoms with van der Waals surface area (Å²) in [5.41, 5.74) is 6.58. The number of nitrogens with two attached hydrogens (primary N) is 1. The van der Waals surface area contributed by atoms with E-state index in [1.165, 1.54) is 0 Å². The van der Waals surface area contributed by atoms with Crippen LogP contribution in [0.15, 0.2) is 12.3 Å². The van der Waals surface area contributed by atoms with Gasteiger partial charge < -0.3 is 20.4 Å². The van der Waals surface area contributed by atoms with Gasteiger partial charge in [0.15, 0.2) is 0 Å². The van der Waals surface area contributed by atoms with Crippen LogP contribution in [0.3, 0.4) is 0 Å². The number of carbonyl (C=O) groups is 1. The second kappa shape index (κ2) is 5.39. The van der Waals surface area contributed by atoms with Gasteiger partial charge in [0.25, 0.3) is 5.91 Å². The van der Waals surface area contributed by atoms with E-state index in [9.17, 15) is 4.79 Å². The molecule has 2 aliphatic carbocycles. The summed E-state index contributed by atoms with van der Waals surface area (Å²) in [4.78, 5) is 12.4. The predicted molar refractivity (Wildman–Crippen MR) is 77.0 cm³/mol. The summed E-state index contributed by atoms with van der Waals surface area (Å²) in [6, 6.07) is 2.00. The van der Waals surface area contributed by atoms with Crippen LogP contribution in [0.25, 0.3) is 0 Å². The minimum Gasteiger partial charge on any atom is -0.376 e. The maximum Gasteiger partial charge on any atom is 0.268 e. The first kappa shape index (κ1) is 13.9. The van der Waals surface area contributed by atoms with Crippen molar-refractivity contribution in [2.24, 2.45) is 5.73 Å². The van der Waals surface area contributed by atoms with Crippen molar-refractivity contribution in [1.29, 1.82) is 0 Å². The summed E-state index contributed by atoms with van der Waals surface area (Å²) in [5.74, 6) is -0.117. The van der Waals surface area contributed by atoms with E-state index in [0.717, 1.165) is 19.3 Å². The molecule has 2 fully saturated rings. The number of aromatic nitrogens is 1. The zero-order valence-electron chi connectivity index (χ0n) is 11.5. The molecule has 6 heteroatoms. The van der Waals surface area contributed by atoms with Gasteiger partial charge >= 0.3 is 0 Å². The van der Waals surface area contributed by atoms with Crippen molar-refractivity contribution in [1.82, 2.24) is 9.88 Å². The van der Waals surface area contributed by atoms with E-state index in [1.807, 2.05) is 17.7 Å². The highest BCUT2D eigenvalue weighted by Crippen LogP contribution is 2.37. The summed E-state index contributed by atoms with van der Waals surface area (Å²) in [5, 5.41) is 3.58. The fourth-order valence-corrected chi connectivity index (χ4v) is 2.94. The van der Waals surface area contributed by atoms with Crippen LogP contribution in [0.2, 0.25) is 5.02 Å². The van der Waals surface area contributed by atoms with E-state index in [4.69, 9.17) is 22.1 Å². The lowest BCUT2D eigenvalue weighted by atomic mass is 9.83. The molecule has 0 radical (unpaired) electrons. The number of ether oxygens (including phenoxy) is 1. The Morgan fingerprint density at radius 1 is 1.60 bits per heavy atom. The second-order valence-electron chi connectivity index (χ2n) is 5.57. The molecule has 20 heavy (non-hydrogen) atoms. The predicted octanol–water partition coefficient (Wildman–Crippen LogP) is 1.71. The zero-order valence-corrected chi connectivity index (χ0v) is 12.3. The molecule has 110 valence electrons. The van der Waals surface area contributed by atoms with E-state index < -0.39 is 0 Å². The molecule has 3 atom stereocenters. The molecule has 1 heterocycles. The van der Waals surface area contributed by atoms with Crippen molar-refractivity contribution in [3.63, 3.8) is 0 Å². The first-order valence-corrected chi connectivity index (χ1v) is 7.53. The van der Waals surface area contributed by atoms with E-state index >= 15 is 0 Å². The molecule has 0 aliphatic heterocycles. The van der Waals surface area contributed by atoms with Crippen LogP contribution in [-0.4, -0.2) is 35.3 Å². The highest BCUT2D eigenvalue weighted by atomic mass is 35.5. The summed E-state index contributed by atoms with van der Waals surface area (Å²) in [6.45, 7) is 2.58. The SMILES string of the molecule is CCOC1CC(N)C1NC(=O)c1cc(Cl)cn1C1CC1.